The van der Waals surface area contributed by atoms with Crippen LogP contribution in [0.25, 0.3) is 0 Å². The van der Waals surface area contributed by atoms with E-state index in [-0.39, 0.29) is 67.0 Å². The summed E-state index contributed by atoms with van der Waals surface area (Å²) in [5.41, 5.74) is 1.36. The van der Waals surface area contributed by atoms with Crippen molar-refractivity contribution in [3.05, 3.63) is 29.8 Å². The zero-order valence-electron chi connectivity index (χ0n) is 8.68. The van der Waals surface area contributed by atoms with Crippen LogP contribution in [0.5, 0.6) is 0 Å². The molecule has 0 saturated heterocycles. The standard InChI is InChI=1S/C7H7.C2H5.2Al.4ClH/c1-7-5-3-2-4-6-7;1-2;;;;;;/h3-6H,1H3;1H2,2H3;;;4*1H/q;;+1;+3;;;;/p-4. The predicted molar refractivity (Wildman–Crippen MR) is 52.8 cm³/mol. The summed E-state index contributed by atoms with van der Waals surface area (Å²) in [6.45, 7) is 4.38. The zero-order valence-corrected chi connectivity index (χ0v) is 14.0. The molecule has 0 unspecified atom stereocenters. The summed E-state index contributed by atoms with van der Waals surface area (Å²) < 4.78 is 1.54. The maximum Gasteiger partial charge on any atom is 3.00 e. The molecule has 0 heterocycles. The van der Waals surface area contributed by atoms with Crippen molar-refractivity contribution < 1.29 is 49.6 Å². The van der Waals surface area contributed by atoms with Crippen molar-refractivity contribution in [1.82, 2.24) is 0 Å². The van der Waals surface area contributed by atoms with E-state index in [0.29, 0.717) is 15.2 Å². The minimum Gasteiger partial charge on any atom is -1.00 e. The first-order valence-electron chi connectivity index (χ1n) is 3.73. The molecule has 0 aromatic heterocycles. The molecule has 6 heteroatoms. The summed E-state index contributed by atoms with van der Waals surface area (Å²) in [5.74, 6) is 0. The van der Waals surface area contributed by atoms with Crippen molar-refractivity contribution in [2.24, 2.45) is 0 Å². The number of aryl methyl sites for hydroxylation is 1. The van der Waals surface area contributed by atoms with Gasteiger partial charge in [0.1, 0.15) is 0 Å². The van der Waals surface area contributed by atoms with Gasteiger partial charge >= 0.3 is 86.0 Å². The van der Waals surface area contributed by atoms with Crippen molar-refractivity contribution in [3.63, 3.8) is 0 Å². The number of benzene rings is 1. The fourth-order valence-corrected chi connectivity index (χ4v) is 1.87. The predicted octanol–water partition coefficient (Wildman–Crippen LogP) is -10.6. The molecule has 0 atom stereocenters. The normalized spacial score (nSPS) is 6.00. The van der Waals surface area contributed by atoms with Gasteiger partial charge in [0.05, 0.1) is 0 Å². The van der Waals surface area contributed by atoms with E-state index < -0.39 is 0 Å². The first-order valence-corrected chi connectivity index (χ1v) is 5.12. The Morgan fingerprint density at radius 3 is 1.67 bits per heavy atom. The van der Waals surface area contributed by atoms with E-state index in [1.165, 1.54) is 15.3 Å². The minimum absolute atomic E-state index is 0. The molecule has 0 amide bonds. The van der Waals surface area contributed by atoms with Crippen LogP contribution in [-0.2, 0) is 0 Å². The summed E-state index contributed by atoms with van der Waals surface area (Å²) >= 11 is 0.533. The topological polar surface area (TPSA) is 0 Å². The maximum absolute atomic E-state index is 2.25. The molecule has 82 valence electrons. The average molecular weight is 316 g/mol. The smallest absolute Gasteiger partial charge is 1.00 e. The molecule has 0 bridgehead atoms. The van der Waals surface area contributed by atoms with Crippen molar-refractivity contribution in [2.75, 3.05) is 0 Å². The van der Waals surface area contributed by atoms with Crippen molar-refractivity contribution >= 4 is 37.0 Å². The van der Waals surface area contributed by atoms with Crippen LogP contribution in [0.4, 0.5) is 0 Å². The Labute approximate surface area is 134 Å². The molecule has 0 aliphatic rings. The van der Waals surface area contributed by atoms with Gasteiger partial charge in [0.2, 0.25) is 0 Å². The molecular weight excluding hydrogens is 304 g/mol. The fourth-order valence-electron chi connectivity index (χ4n) is 0.938. The van der Waals surface area contributed by atoms with Gasteiger partial charge in [-0.3, -0.25) is 0 Å². The largest absolute Gasteiger partial charge is 3.00 e. The summed E-state index contributed by atoms with van der Waals surface area (Å²) in [4.78, 5) is 0. The monoisotopic (exact) mass is 314 g/mol. The maximum atomic E-state index is 2.25. The third-order valence-electron chi connectivity index (χ3n) is 1.52. The minimum atomic E-state index is 0. The number of halogens is 4. The van der Waals surface area contributed by atoms with Crippen LogP contribution >= 0.6 is 0 Å². The van der Waals surface area contributed by atoms with Crippen LogP contribution in [0.1, 0.15) is 12.5 Å². The molecule has 1 rings (SSSR count). The van der Waals surface area contributed by atoms with Gasteiger partial charge in [0.25, 0.3) is 0 Å². The van der Waals surface area contributed by atoms with Crippen LogP contribution < -0.4 is 54.1 Å². The summed E-state index contributed by atoms with van der Waals surface area (Å²) in [5, 5.41) is 1.32. The second kappa shape index (κ2) is 17.8. The van der Waals surface area contributed by atoms with E-state index in [1.54, 1.807) is 0 Å². The molecule has 0 saturated carbocycles. The van der Waals surface area contributed by atoms with Gasteiger partial charge in [0.15, 0.2) is 0 Å². The SMILES string of the molecule is C[CH2][Al+][c]1ccc(C)cc1.[Al+3].[Cl-].[Cl-].[Cl-].[Cl-]. The Morgan fingerprint density at radius 1 is 0.933 bits per heavy atom. The van der Waals surface area contributed by atoms with Gasteiger partial charge in [-0.25, -0.2) is 0 Å². The van der Waals surface area contributed by atoms with Crippen LogP contribution in [0.3, 0.4) is 0 Å². The summed E-state index contributed by atoms with van der Waals surface area (Å²) in [6, 6.07) is 8.87. The van der Waals surface area contributed by atoms with Crippen molar-refractivity contribution in [3.8, 4) is 0 Å². The Balaban J connectivity index is -0.0000000667. The number of hydrogen-bond donors (Lipinski definition) is 0. The van der Waals surface area contributed by atoms with Gasteiger partial charge in [0, 0.05) is 0 Å². The van der Waals surface area contributed by atoms with E-state index in [9.17, 15) is 0 Å². The van der Waals surface area contributed by atoms with Gasteiger partial charge in [-0.15, -0.1) is 0 Å². The quantitative estimate of drug-likeness (QED) is 0.476. The number of rotatable bonds is 2. The van der Waals surface area contributed by atoms with Crippen LogP contribution in [-0.4, -0.2) is 32.6 Å². The first kappa shape index (κ1) is 29.9. The van der Waals surface area contributed by atoms with E-state index in [0.717, 1.165) is 0 Å². The van der Waals surface area contributed by atoms with E-state index in [4.69, 9.17) is 0 Å². The van der Waals surface area contributed by atoms with Crippen LogP contribution in [0, 0.1) is 6.92 Å². The van der Waals surface area contributed by atoms with Crippen LogP contribution in [0.15, 0.2) is 24.3 Å². The fraction of sp³-hybridized carbons (Fsp3) is 0.333. The van der Waals surface area contributed by atoms with Crippen molar-refractivity contribution in [2.45, 2.75) is 19.1 Å². The molecule has 1 aromatic rings. The molecule has 0 N–H and O–H groups in total. The van der Waals surface area contributed by atoms with Gasteiger partial charge in [-0.1, -0.05) is 0 Å². The van der Waals surface area contributed by atoms with Gasteiger partial charge in [-0.05, 0) is 0 Å². The Morgan fingerprint density at radius 2 is 1.33 bits per heavy atom. The molecule has 0 fully saturated rings. The molecule has 0 nitrogen and oxygen atoms in total. The second-order valence-electron chi connectivity index (χ2n) is 2.52. The Kier molecular flexibility index (Phi) is 35.6. The Bertz CT molecular complexity index is 204. The molecule has 1 aromatic carbocycles. The second-order valence-corrected chi connectivity index (χ2v) is 4.41. The molecular formula is C9H12Al2Cl4. The first-order chi connectivity index (χ1) is 4.83. The number of hydrogen-bond acceptors (Lipinski definition) is 0. The molecule has 0 aliphatic carbocycles. The molecule has 15 heavy (non-hydrogen) atoms. The van der Waals surface area contributed by atoms with Crippen molar-refractivity contribution in [1.29, 1.82) is 0 Å². The third-order valence-corrected chi connectivity index (χ3v) is 2.78. The molecule has 0 radical (unpaired) electrons. The van der Waals surface area contributed by atoms with Gasteiger partial charge < -0.3 is 49.6 Å². The van der Waals surface area contributed by atoms with E-state index >= 15 is 0 Å². The summed E-state index contributed by atoms with van der Waals surface area (Å²) in [6.07, 6.45) is 0. The zero-order chi connectivity index (χ0) is 7.40. The Hall–Kier alpha value is 1.44. The van der Waals surface area contributed by atoms with E-state index in [2.05, 4.69) is 38.1 Å². The third kappa shape index (κ3) is 13.4. The van der Waals surface area contributed by atoms with Gasteiger partial charge in [-0.2, -0.15) is 0 Å². The summed E-state index contributed by atoms with van der Waals surface area (Å²) in [7, 11) is 0. The van der Waals surface area contributed by atoms with Crippen LogP contribution in [0.2, 0.25) is 5.28 Å². The average Bonchev–Trinajstić information content (AvgIpc) is 1.95. The van der Waals surface area contributed by atoms with E-state index in [1.807, 2.05) is 0 Å². The molecule has 0 aliphatic heterocycles. The molecule has 0 spiro atoms.